The highest BCUT2D eigenvalue weighted by molar-refractivity contribution is 9.09. The van der Waals surface area contributed by atoms with Gasteiger partial charge >= 0.3 is 12.0 Å². The van der Waals surface area contributed by atoms with E-state index < -0.39 is 12.0 Å². The predicted octanol–water partition coefficient (Wildman–Crippen LogP) is 2.60. The van der Waals surface area contributed by atoms with Crippen LogP contribution in [0.25, 0.3) is 0 Å². The molecule has 0 saturated carbocycles. The molecule has 0 radical (unpaired) electrons. The number of amides is 2. The topological polar surface area (TPSA) is 67.9 Å². The minimum atomic E-state index is -0.559. The molecular weight excluding hydrogens is 364 g/mol. The van der Waals surface area contributed by atoms with Gasteiger partial charge in [0.25, 0.3) is 0 Å². The molecule has 0 aliphatic carbocycles. The third-order valence-corrected chi connectivity index (χ3v) is 4.18. The van der Waals surface area contributed by atoms with Crippen LogP contribution in [-0.4, -0.2) is 43.0 Å². The van der Waals surface area contributed by atoms with Crippen LogP contribution < -0.4 is 10.1 Å². The second-order valence-electron chi connectivity index (χ2n) is 4.93. The van der Waals surface area contributed by atoms with E-state index in [0.29, 0.717) is 22.3 Å². The number of esters is 1. The van der Waals surface area contributed by atoms with Crippen LogP contribution in [0.2, 0.25) is 0 Å². The fraction of sp³-hybridized carbons (Fsp3) is 0.375. The maximum atomic E-state index is 12.4. The second-order valence-corrected chi connectivity index (χ2v) is 5.49. The Kier molecular flexibility index (Phi) is 5.65. The average molecular weight is 383 g/mol. The number of allylic oxidation sites excluding steroid dienone is 1. The Morgan fingerprint density at radius 3 is 2.52 bits per heavy atom. The van der Waals surface area contributed by atoms with Crippen molar-refractivity contribution in [3.05, 3.63) is 41.1 Å². The smallest absolute Gasteiger partial charge is 0.338 e. The summed E-state index contributed by atoms with van der Waals surface area (Å²) in [5.74, 6) is 0.269. The minimum Gasteiger partial charge on any atom is -0.497 e. The van der Waals surface area contributed by atoms with Crippen LogP contribution in [0.15, 0.2) is 35.5 Å². The third kappa shape index (κ3) is 3.50. The van der Waals surface area contributed by atoms with E-state index >= 15 is 0 Å². The molecule has 0 aromatic heterocycles. The fourth-order valence-corrected chi connectivity index (χ4v) is 3.09. The lowest BCUT2D eigenvalue weighted by Gasteiger charge is -2.34. The van der Waals surface area contributed by atoms with E-state index in [2.05, 4.69) is 21.2 Å². The Morgan fingerprint density at radius 2 is 2.00 bits per heavy atom. The summed E-state index contributed by atoms with van der Waals surface area (Å²) in [7, 11) is 3.20. The van der Waals surface area contributed by atoms with Crippen molar-refractivity contribution in [3.8, 4) is 5.75 Å². The molecule has 1 aliphatic rings. The summed E-state index contributed by atoms with van der Waals surface area (Å²) >= 11 is 3.35. The van der Waals surface area contributed by atoms with Gasteiger partial charge in [-0.25, -0.2) is 9.59 Å². The van der Waals surface area contributed by atoms with Crippen molar-refractivity contribution in [1.82, 2.24) is 10.2 Å². The van der Waals surface area contributed by atoms with E-state index in [1.807, 2.05) is 12.1 Å². The maximum absolute atomic E-state index is 12.4. The van der Waals surface area contributed by atoms with Gasteiger partial charge in [-0.05, 0) is 24.6 Å². The van der Waals surface area contributed by atoms with Crippen LogP contribution in [0.5, 0.6) is 5.75 Å². The largest absolute Gasteiger partial charge is 0.497 e. The van der Waals surface area contributed by atoms with E-state index in [9.17, 15) is 9.59 Å². The third-order valence-electron chi connectivity index (χ3n) is 3.65. The molecule has 1 heterocycles. The molecule has 0 spiro atoms. The van der Waals surface area contributed by atoms with Gasteiger partial charge in [0.2, 0.25) is 0 Å². The number of methoxy groups -OCH3 is 1. The van der Waals surface area contributed by atoms with Crippen LogP contribution in [-0.2, 0) is 9.53 Å². The molecule has 0 fully saturated rings. The predicted molar refractivity (Wildman–Crippen MR) is 89.5 cm³/mol. The van der Waals surface area contributed by atoms with Gasteiger partial charge in [0.05, 0.1) is 25.3 Å². The zero-order valence-corrected chi connectivity index (χ0v) is 14.8. The van der Waals surface area contributed by atoms with Crippen molar-refractivity contribution < 1.29 is 19.1 Å². The van der Waals surface area contributed by atoms with Crippen molar-refractivity contribution >= 4 is 27.9 Å². The maximum Gasteiger partial charge on any atom is 0.338 e. The first-order valence-electron chi connectivity index (χ1n) is 7.17. The molecule has 1 unspecified atom stereocenters. The monoisotopic (exact) mass is 382 g/mol. The first kappa shape index (κ1) is 17.3. The molecule has 1 atom stereocenters. The normalized spacial score (nSPS) is 17.8. The number of hydrogen-bond acceptors (Lipinski definition) is 4. The molecule has 124 valence electrons. The lowest BCUT2D eigenvalue weighted by atomic mass is 9.95. The van der Waals surface area contributed by atoms with E-state index in [-0.39, 0.29) is 12.6 Å². The molecule has 7 heteroatoms. The molecule has 0 saturated heterocycles. The zero-order valence-electron chi connectivity index (χ0n) is 13.3. The lowest BCUT2D eigenvalue weighted by Crippen LogP contribution is -2.47. The van der Waals surface area contributed by atoms with Gasteiger partial charge in [0.1, 0.15) is 5.75 Å². The van der Waals surface area contributed by atoms with Gasteiger partial charge < -0.3 is 14.8 Å². The van der Waals surface area contributed by atoms with Gasteiger partial charge in [-0.15, -0.1) is 0 Å². The highest BCUT2D eigenvalue weighted by Gasteiger charge is 2.36. The van der Waals surface area contributed by atoms with Gasteiger partial charge in [0.15, 0.2) is 0 Å². The summed E-state index contributed by atoms with van der Waals surface area (Å²) in [5.41, 5.74) is 1.80. The molecule has 23 heavy (non-hydrogen) atoms. The zero-order chi connectivity index (χ0) is 17.0. The van der Waals surface area contributed by atoms with Crippen molar-refractivity contribution in [2.75, 3.05) is 26.1 Å². The summed E-state index contributed by atoms with van der Waals surface area (Å²) in [6, 6.07) is 6.39. The number of ether oxygens (including phenoxy) is 2. The number of carbonyl (C=O) groups is 2. The highest BCUT2D eigenvalue weighted by Crippen LogP contribution is 2.32. The average Bonchev–Trinajstić information content (AvgIpc) is 2.57. The van der Waals surface area contributed by atoms with Crippen LogP contribution in [0.1, 0.15) is 18.5 Å². The number of rotatable bonds is 5. The molecule has 2 amide bonds. The fourth-order valence-electron chi connectivity index (χ4n) is 2.41. The Morgan fingerprint density at radius 1 is 1.35 bits per heavy atom. The lowest BCUT2D eigenvalue weighted by molar-refractivity contribution is -0.139. The van der Waals surface area contributed by atoms with Crippen LogP contribution in [0, 0.1) is 0 Å². The molecule has 1 aliphatic heterocycles. The van der Waals surface area contributed by atoms with Gasteiger partial charge in [0, 0.05) is 18.1 Å². The second kappa shape index (κ2) is 7.50. The number of nitrogens with one attached hydrogen (secondary N) is 1. The molecular formula is C16H19BrN2O4. The van der Waals surface area contributed by atoms with Crippen LogP contribution in [0.3, 0.4) is 0 Å². The van der Waals surface area contributed by atoms with E-state index in [0.717, 1.165) is 5.56 Å². The van der Waals surface area contributed by atoms with Crippen molar-refractivity contribution in [1.29, 1.82) is 0 Å². The molecule has 0 bridgehead atoms. The Labute approximate surface area is 143 Å². The number of urea groups is 1. The van der Waals surface area contributed by atoms with E-state index in [1.165, 1.54) is 4.90 Å². The summed E-state index contributed by atoms with van der Waals surface area (Å²) in [6.45, 7) is 2.02. The number of benzene rings is 1. The van der Waals surface area contributed by atoms with Crippen molar-refractivity contribution in [3.63, 3.8) is 0 Å². The van der Waals surface area contributed by atoms with Crippen LogP contribution >= 0.6 is 15.9 Å². The first-order valence-corrected chi connectivity index (χ1v) is 8.29. The standard InChI is InChI=1S/C16H19BrN2O4/c1-4-23-15(20)13-12(9-17)19(2)16(21)18-14(13)10-5-7-11(22-3)8-6-10/h5-8,14H,4,9H2,1-3H3,(H,18,21). The van der Waals surface area contributed by atoms with Crippen LogP contribution in [0.4, 0.5) is 4.79 Å². The minimum absolute atomic E-state index is 0.269. The summed E-state index contributed by atoms with van der Waals surface area (Å²) < 4.78 is 10.3. The quantitative estimate of drug-likeness (QED) is 0.627. The number of alkyl halides is 1. The summed E-state index contributed by atoms with van der Waals surface area (Å²) in [5, 5.41) is 3.21. The first-order chi connectivity index (χ1) is 11.0. The highest BCUT2D eigenvalue weighted by atomic mass is 79.9. The van der Waals surface area contributed by atoms with Gasteiger partial charge in [-0.1, -0.05) is 28.1 Å². The Balaban J connectivity index is 2.50. The molecule has 2 rings (SSSR count). The Hall–Kier alpha value is -2.02. The molecule has 1 aromatic rings. The number of halogens is 1. The molecule has 6 nitrogen and oxygen atoms in total. The molecule has 1 N–H and O–H groups in total. The van der Waals surface area contributed by atoms with Crippen molar-refractivity contribution in [2.45, 2.75) is 13.0 Å². The molecule has 1 aromatic carbocycles. The number of carbonyl (C=O) groups excluding carboxylic acids is 2. The number of hydrogen-bond donors (Lipinski definition) is 1. The van der Waals surface area contributed by atoms with E-state index in [1.54, 1.807) is 33.2 Å². The summed E-state index contributed by atoms with van der Waals surface area (Å²) in [4.78, 5) is 26.0. The summed E-state index contributed by atoms with van der Waals surface area (Å²) in [6.07, 6.45) is 0. The van der Waals surface area contributed by atoms with E-state index in [4.69, 9.17) is 9.47 Å². The SMILES string of the molecule is CCOC(=O)C1=C(CBr)N(C)C(=O)NC1c1ccc(OC)cc1. The van der Waals surface area contributed by atoms with Crippen molar-refractivity contribution in [2.24, 2.45) is 0 Å². The van der Waals surface area contributed by atoms with Gasteiger partial charge in [-0.3, -0.25) is 4.90 Å². The Bertz CT molecular complexity index is 627. The number of nitrogens with zero attached hydrogens (tertiary/aromatic N) is 1. The van der Waals surface area contributed by atoms with Gasteiger partial charge in [-0.2, -0.15) is 0 Å².